The van der Waals surface area contributed by atoms with Crippen molar-refractivity contribution >= 4 is 76.1 Å². The molecule has 3 aromatic heterocycles. The van der Waals surface area contributed by atoms with Gasteiger partial charge >= 0.3 is 0 Å². The maximum Gasteiger partial charge on any atom is 0.227 e. The molecular formula is C48H26N4O2. The second-order valence-electron chi connectivity index (χ2n) is 13.8. The minimum absolute atomic E-state index is 0.532. The number of rotatable bonds is 4. The molecule has 0 N–H and O–H groups in total. The van der Waals surface area contributed by atoms with Crippen LogP contribution in [-0.2, 0) is 0 Å². The molecule has 0 aliphatic rings. The van der Waals surface area contributed by atoms with E-state index in [0.717, 1.165) is 76.6 Å². The number of benzene rings is 9. The highest BCUT2D eigenvalue weighted by atomic mass is 16.3. The molecule has 6 nitrogen and oxygen atoms in total. The lowest BCUT2D eigenvalue weighted by molar-refractivity contribution is 0.623. The predicted octanol–water partition coefficient (Wildman–Crippen LogP) is 12.6. The van der Waals surface area contributed by atoms with Gasteiger partial charge in [-0.1, -0.05) is 121 Å². The van der Waals surface area contributed by atoms with E-state index < -0.39 is 0 Å². The smallest absolute Gasteiger partial charge is 0.227 e. The van der Waals surface area contributed by atoms with E-state index in [9.17, 15) is 0 Å². The maximum absolute atomic E-state index is 6.73. The molecule has 0 amide bonds. The van der Waals surface area contributed by atoms with Gasteiger partial charge in [0, 0.05) is 38.2 Å². The fraction of sp³-hybridized carbons (Fsp3) is 0. The summed E-state index contributed by atoms with van der Waals surface area (Å²) in [6, 6.07) is 54.2. The Labute approximate surface area is 307 Å². The molecule has 0 fully saturated rings. The van der Waals surface area contributed by atoms with Crippen molar-refractivity contribution < 1.29 is 8.83 Å². The summed E-state index contributed by atoms with van der Waals surface area (Å²) in [6.45, 7) is 0. The van der Waals surface area contributed by atoms with Crippen LogP contribution in [0.5, 0.6) is 0 Å². The largest absolute Gasteiger partial charge is 0.455 e. The van der Waals surface area contributed by atoms with Crippen LogP contribution in [0.3, 0.4) is 0 Å². The molecule has 0 bridgehead atoms. The summed E-state index contributed by atoms with van der Waals surface area (Å²) in [7, 11) is 0. The molecule has 3 heterocycles. The van der Waals surface area contributed by atoms with Crippen molar-refractivity contribution in [1.29, 1.82) is 0 Å². The number of furan rings is 1. The van der Waals surface area contributed by atoms with Crippen LogP contribution in [0, 0.1) is 0 Å². The molecule has 0 aliphatic carbocycles. The summed E-state index contributed by atoms with van der Waals surface area (Å²) in [5.41, 5.74) is 6.54. The molecule has 250 valence electrons. The van der Waals surface area contributed by atoms with Gasteiger partial charge in [-0.25, -0.2) is 19.9 Å². The summed E-state index contributed by atoms with van der Waals surface area (Å²) in [5.74, 6) is 2.30. The minimum atomic E-state index is 0.532. The van der Waals surface area contributed by atoms with E-state index in [0.29, 0.717) is 28.9 Å². The lowest BCUT2D eigenvalue weighted by atomic mass is 9.98. The molecule has 12 aromatic rings. The molecule has 12 rings (SSSR count). The Balaban J connectivity index is 1.11. The van der Waals surface area contributed by atoms with Gasteiger partial charge in [-0.15, -0.1) is 0 Å². The summed E-state index contributed by atoms with van der Waals surface area (Å²) < 4.78 is 13.2. The average Bonchev–Trinajstić information content (AvgIpc) is 3.87. The first kappa shape index (κ1) is 29.2. The van der Waals surface area contributed by atoms with Crippen LogP contribution in [0.4, 0.5) is 0 Å². The van der Waals surface area contributed by atoms with Gasteiger partial charge in [-0.05, 0) is 68.7 Å². The molecule has 0 unspecified atom stereocenters. The minimum Gasteiger partial charge on any atom is -0.455 e. The van der Waals surface area contributed by atoms with Crippen molar-refractivity contribution in [2.75, 3.05) is 0 Å². The van der Waals surface area contributed by atoms with Crippen LogP contribution in [0.25, 0.3) is 122 Å². The highest BCUT2D eigenvalue weighted by Crippen LogP contribution is 2.46. The van der Waals surface area contributed by atoms with Crippen molar-refractivity contribution in [3.63, 3.8) is 0 Å². The van der Waals surface area contributed by atoms with Gasteiger partial charge in [-0.2, -0.15) is 0 Å². The Hall–Kier alpha value is -7.44. The van der Waals surface area contributed by atoms with Crippen LogP contribution >= 0.6 is 0 Å². The van der Waals surface area contributed by atoms with Crippen molar-refractivity contribution in [3.05, 3.63) is 158 Å². The Morgan fingerprint density at radius 3 is 1.87 bits per heavy atom. The highest BCUT2D eigenvalue weighted by molar-refractivity contribution is 6.32. The molecule has 0 aliphatic heterocycles. The summed E-state index contributed by atoms with van der Waals surface area (Å²) in [6.07, 6.45) is 0. The second kappa shape index (κ2) is 11.0. The SMILES string of the molecule is c1ccc(-c2nc3c4ccc(-c5nc(-c6ccc7ccccc7c6)nc(-c6ccc7c(ccc8ccccc87)c6)n5)c5oc6cccc(c3o2)c6c54)cc1. The van der Waals surface area contributed by atoms with Crippen molar-refractivity contribution in [3.8, 4) is 45.6 Å². The molecule has 6 heteroatoms. The number of fused-ring (bicyclic) bond motifs is 7. The summed E-state index contributed by atoms with van der Waals surface area (Å²) in [4.78, 5) is 20.5. The first-order chi connectivity index (χ1) is 26.7. The molecule has 54 heavy (non-hydrogen) atoms. The van der Waals surface area contributed by atoms with Gasteiger partial charge in [0.1, 0.15) is 16.7 Å². The van der Waals surface area contributed by atoms with E-state index in [2.05, 4.69) is 109 Å². The molecule has 0 radical (unpaired) electrons. The molecule has 9 aromatic carbocycles. The molecule has 0 saturated carbocycles. The van der Waals surface area contributed by atoms with E-state index in [1.165, 1.54) is 16.2 Å². The van der Waals surface area contributed by atoms with E-state index in [-0.39, 0.29) is 0 Å². The van der Waals surface area contributed by atoms with E-state index in [4.69, 9.17) is 28.8 Å². The van der Waals surface area contributed by atoms with E-state index >= 15 is 0 Å². The summed E-state index contributed by atoms with van der Waals surface area (Å²) in [5, 5.41) is 10.9. The standard InChI is InChI=1S/C48H26N4O2/c1-2-11-29(12-3-1)48-49-42-36-23-24-38(43-41(36)40-37(44(42)54-48)15-8-16-39(40)53-43)47-51-45(32-20-17-27-9-4-5-13-30(27)25-32)50-46(52-47)33-21-22-35-31(26-33)19-18-28-10-6-7-14-34(28)35/h1-26H. The monoisotopic (exact) mass is 690 g/mol. The third-order valence-corrected chi connectivity index (χ3v) is 10.7. The van der Waals surface area contributed by atoms with Crippen LogP contribution < -0.4 is 0 Å². The molecule has 0 atom stereocenters. The maximum atomic E-state index is 6.73. The number of nitrogens with zero attached hydrogens (tertiary/aromatic N) is 4. The fourth-order valence-electron chi connectivity index (χ4n) is 8.11. The third kappa shape index (κ3) is 4.28. The van der Waals surface area contributed by atoms with Crippen LogP contribution in [0.1, 0.15) is 0 Å². The summed E-state index contributed by atoms with van der Waals surface area (Å²) >= 11 is 0. The first-order valence-electron chi connectivity index (χ1n) is 18.0. The normalized spacial score (nSPS) is 12.1. The highest BCUT2D eigenvalue weighted by Gasteiger charge is 2.25. The van der Waals surface area contributed by atoms with Crippen molar-refractivity contribution in [2.24, 2.45) is 0 Å². The van der Waals surface area contributed by atoms with Crippen LogP contribution in [0.15, 0.2) is 167 Å². The number of hydrogen-bond donors (Lipinski definition) is 0. The van der Waals surface area contributed by atoms with Gasteiger partial charge < -0.3 is 8.83 Å². The zero-order valence-electron chi connectivity index (χ0n) is 28.6. The zero-order chi connectivity index (χ0) is 35.3. The van der Waals surface area contributed by atoms with Gasteiger partial charge in [0.05, 0.1) is 5.56 Å². The van der Waals surface area contributed by atoms with Gasteiger partial charge in [0.15, 0.2) is 23.1 Å². The lowest BCUT2D eigenvalue weighted by Crippen LogP contribution is -2.00. The molecule has 0 spiro atoms. The Morgan fingerprint density at radius 1 is 0.352 bits per heavy atom. The molecular weight excluding hydrogens is 665 g/mol. The van der Waals surface area contributed by atoms with Gasteiger partial charge in [0.25, 0.3) is 0 Å². The van der Waals surface area contributed by atoms with Gasteiger partial charge in [0.2, 0.25) is 5.89 Å². The Morgan fingerprint density at radius 2 is 1.00 bits per heavy atom. The van der Waals surface area contributed by atoms with Crippen LogP contribution in [-0.4, -0.2) is 19.9 Å². The fourth-order valence-corrected chi connectivity index (χ4v) is 8.11. The first-order valence-corrected chi connectivity index (χ1v) is 18.0. The second-order valence-corrected chi connectivity index (χ2v) is 13.8. The lowest BCUT2D eigenvalue weighted by Gasteiger charge is -2.11. The van der Waals surface area contributed by atoms with Crippen molar-refractivity contribution in [1.82, 2.24) is 19.9 Å². The zero-order valence-corrected chi connectivity index (χ0v) is 28.6. The Bertz CT molecular complexity index is 3460. The number of aromatic nitrogens is 4. The topological polar surface area (TPSA) is 77.8 Å². The predicted molar refractivity (Wildman–Crippen MR) is 218 cm³/mol. The van der Waals surface area contributed by atoms with Crippen molar-refractivity contribution in [2.45, 2.75) is 0 Å². The third-order valence-electron chi connectivity index (χ3n) is 10.7. The number of oxazole rings is 1. The quantitative estimate of drug-likeness (QED) is 0.171. The van der Waals surface area contributed by atoms with Gasteiger partial charge in [-0.3, -0.25) is 0 Å². The van der Waals surface area contributed by atoms with Crippen LogP contribution in [0.2, 0.25) is 0 Å². The van der Waals surface area contributed by atoms with E-state index in [1.807, 2.05) is 48.5 Å². The Kier molecular flexibility index (Phi) is 5.96. The number of hydrogen-bond acceptors (Lipinski definition) is 6. The molecule has 0 saturated heterocycles. The average molecular weight is 691 g/mol. The van der Waals surface area contributed by atoms with E-state index in [1.54, 1.807) is 0 Å².